The quantitative estimate of drug-likeness (QED) is 0.528. The van der Waals surface area contributed by atoms with Gasteiger partial charge in [0, 0.05) is 21.8 Å². The molecule has 0 aliphatic carbocycles. The lowest BCUT2D eigenvalue weighted by Gasteiger charge is -2.30. The Morgan fingerprint density at radius 1 is 0.789 bits per heavy atom. The molecule has 2 aliphatic heterocycles. The van der Waals surface area contributed by atoms with Crippen LogP contribution in [0.15, 0.2) is 0 Å². The minimum absolute atomic E-state index is 0.297. The third-order valence-electron chi connectivity index (χ3n) is 3.45. The highest BCUT2D eigenvalue weighted by Crippen LogP contribution is 2.15. The smallest absolute Gasteiger partial charge is 0.258 e. The first kappa shape index (κ1) is 14.6. The van der Waals surface area contributed by atoms with Crippen molar-refractivity contribution in [3.05, 3.63) is 0 Å². The molecule has 0 N–H and O–H groups in total. The summed E-state index contributed by atoms with van der Waals surface area (Å²) in [5.41, 5.74) is 0. The van der Waals surface area contributed by atoms with Gasteiger partial charge in [-0.1, -0.05) is 0 Å². The van der Waals surface area contributed by atoms with Crippen LogP contribution in [0.3, 0.4) is 0 Å². The number of rotatable bonds is 2. The summed E-state index contributed by atoms with van der Waals surface area (Å²) in [5, 5.41) is 22.5. The van der Waals surface area contributed by atoms with E-state index in [0.717, 1.165) is 28.1 Å². The Hall–Kier alpha value is -0.760. The zero-order valence-corrected chi connectivity index (χ0v) is 12.3. The second-order valence-electron chi connectivity index (χ2n) is 4.67. The Kier molecular flexibility index (Phi) is 5.09. The molecule has 0 radical (unpaired) electrons. The molecule has 0 saturated carbocycles. The fourth-order valence-corrected chi connectivity index (χ4v) is 8.32. The molecule has 2 aliphatic rings. The largest absolute Gasteiger partial charge is 0.530 e. The summed E-state index contributed by atoms with van der Waals surface area (Å²) < 4.78 is 0. The number of hydrogen-bond acceptors (Lipinski definition) is 4. The molecule has 0 aromatic carbocycles. The normalized spacial score (nSPS) is 22.5. The molecule has 19 heavy (non-hydrogen) atoms. The van der Waals surface area contributed by atoms with Crippen molar-refractivity contribution >= 4 is 34.0 Å². The van der Waals surface area contributed by atoms with Crippen molar-refractivity contribution in [1.29, 1.82) is 0 Å². The van der Waals surface area contributed by atoms with Crippen molar-refractivity contribution < 1.29 is 19.8 Å². The third kappa shape index (κ3) is 4.10. The number of carbonyl (C=O) groups excluding carboxylic acids is 2. The summed E-state index contributed by atoms with van der Waals surface area (Å²) in [7, 11) is 0.593. The fraction of sp³-hybridized carbons (Fsp3) is 0.818. The van der Waals surface area contributed by atoms with E-state index in [-0.39, 0.29) is 0 Å². The van der Waals surface area contributed by atoms with Gasteiger partial charge in [0.05, 0.1) is 26.2 Å². The molecule has 6 nitrogen and oxygen atoms in total. The van der Waals surface area contributed by atoms with Gasteiger partial charge in [-0.05, 0) is 0 Å². The van der Waals surface area contributed by atoms with Gasteiger partial charge in [0.15, 0.2) is 0 Å². The zero-order chi connectivity index (χ0) is 13.8. The summed E-state index contributed by atoms with van der Waals surface area (Å²) in [6.45, 7) is 2.36. The maximum Gasteiger partial charge on any atom is 0.258 e. The molecule has 2 saturated heterocycles. The van der Waals surface area contributed by atoms with E-state index in [2.05, 4.69) is 0 Å². The summed E-state index contributed by atoms with van der Waals surface area (Å²) in [6, 6.07) is 0. The van der Waals surface area contributed by atoms with Crippen LogP contribution >= 0.6 is 0 Å². The van der Waals surface area contributed by atoms with Crippen LogP contribution < -0.4 is 10.2 Å². The van der Waals surface area contributed by atoms with Crippen molar-refractivity contribution in [3.8, 4) is 0 Å². The van der Waals surface area contributed by atoms with Gasteiger partial charge in [-0.15, -0.1) is 0 Å². The van der Waals surface area contributed by atoms with Crippen molar-refractivity contribution in [2.45, 2.75) is 0 Å². The maximum atomic E-state index is 10.7. The molecule has 2 amide bonds. The first-order valence-electron chi connectivity index (χ1n) is 6.26. The Bertz CT molecular complexity index is 308. The molecule has 8 heteroatoms. The Morgan fingerprint density at radius 2 is 1.11 bits per heavy atom. The summed E-state index contributed by atoms with van der Waals surface area (Å²) in [6.07, 6.45) is -2.12. The van der Waals surface area contributed by atoms with Gasteiger partial charge in [-0.25, -0.2) is 0 Å². The van der Waals surface area contributed by atoms with Crippen LogP contribution in [0.5, 0.6) is 0 Å². The van der Waals surface area contributed by atoms with E-state index in [1.807, 2.05) is 0 Å². The lowest BCUT2D eigenvalue weighted by molar-refractivity contribution is -0.266. The molecule has 0 aromatic heterocycles. The van der Waals surface area contributed by atoms with E-state index >= 15 is 0 Å². The van der Waals surface area contributed by atoms with Crippen LogP contribution in [-0.2, 0) is 21.8 Å². The fourth-order valence-electron chi connectivity index (χ4n) is 2.22. The standard InChI is InChI=1S/C11H18N2O4S2/c14-10(15)12-1-5-18(6-2-12)9-19-7-3-13(4-8-19)11(16)17/h1-9H2. The average Bonchev–Trinajstić information content (AvgIpc) is 2.40. The average molecular weight is 306 g/mol. The van der Waals surface area contributed by atoms with Gasteiger partial charge < -0.3 is 29.6 Å². The highest BCUT2D eigenvalue weighted by Gasteiger charge is 2.36. The maximum absolute atomic E-state index is 10.7. The summed E-state index contributed by atoms with van der Waals surface area (Å²) in [4.78, 5) is 24.2. The predicted molar refractivity (Wildman–Crippen MR) is 73.0 cm³/mol. The van der Waals surface area contributed by atoms with E-state index in [0.29, 0.717) is 48.0 Å². The molecular weight excluding hydrogens is 288 g/mol. The summed E-state index contributed by atoms with van der Waals surface area (Å²) >= 11 is 0. The van der Waals surface area contributed by atoms with Gasteiger partial charge in [0.1, 0.15) is 35.2 Å². The second kappa shape index (κ2) is 6.60. The third-order valence-corrected chi connectivity index (χ3v) is 9.16. The van der Waals surface area contributed by atoms with E-state index in [9.17, 15) is 19.8 Å². The van der Waals surface area contributed by atoms with E-state index in [1.54, 1.807) is 0 Å². The van der Waals surface area contributed by atoms with Crippen LogP contribution in [0, 0.1) is 0 Å². The lowest BCUT2D eigenvalue weighted by Crippen LogP contribution is -2.52. The van der Waals surface area contributed by atoms with E-state index in [1.165, 1.54) is 9.80 Å². The number of amides is 2. The topological polar surface area (TPSA) is 86.7 Å². The second-order valence-corrected chi connectivity index (χ2v) is 9.69. The van der Waals surface area contributed by atoms with Crippen LogP contribution in [0.2, 0.25) is 0 Å². The minimum Gasteiger partial charge on any atom is -0.530 e. The monoisotopic (exact) mass is 306 g/mol. The van der Waals surface area contributed by atoms with Crippen LogP contribution in [-0.4, -0.2) is 76.3 Å². The number of nitrogens with zero attached hydrogens (tertiary/aromatic N) is 2. The predicted octanol–water partition coefficient (Wildman–Crippen LogP) is -2.50. The molecule has 2 fully saturated rings. The van der Waals surface area contributed by atoms with Gasteiger partial charge in [0.2, 0.25) is 0 Å². The van der Waals surface area contributed by atoms with Crippen LogP contribution in [0.4, 0.5) is 9.59 Å². The van der Waals surface area contributed by atoms with Crippen molar-refractivity contribution in [3.63, 3.8) is 0 Å². The van der Waals surface area contributed by atoms with Crippen LogP contribution in [0.25, 0.3) is 0 Å². The van der Waals surface area contributed by atoms with E-state index in [4.69, 9.17) is 0 Å². The van der Waals surface area contributed by atoms with Gasteiger partial charge >= 0.3 is 0 Å². The first-order valence-corrected chi connectivity index (χ1v) is 9.72. The number of carbonyl (C=O) groups is 2. The van der Waals surface area contributed by atoms with Crippen molar-refractivity contribution in [1.82, 2.24) is 9.80 Å². The molecular formula is C11H18N2O4S2. The van der Waals surface area contributed by atoms with Crippen molar-refractivity contribution in [2.24, 2.45) is 0 Å². The number of hydrogen-bond donors (Lipinski definition) is 0. The van der Waals surface area contributed by atoms with Gasteiger partial charge in [-0.2, -0.15) is 0 Å². The highest BCUT2D eigenvalue weighted by molar-refractivity contribution is 8.13. The highest BCUT2D eigenvalue weighted by atomic mass is 32.3. The van der Waals surface area contributed by atoms with Crippen LogP contribution in [0.1, 0.15) is 0 Å². The minimum atomic E-state index is -1.06. The van der Waals surface area contributed by atoms with E-state index < -0.39 is 12.2 Å². The molecule has 0 unspecified atom stereocenters. The number of carboxylic acid groups (broad SMARTS) is 2. The molecule has 108 valence electrons. The SMILES string of the molecule is O=C([O-])N1CC[S+](C[S+]2CCN(C(=O)[O-])CC2)CC1. The van der Waals surface area contributed by atoms with Crippen molar-refractivity contribution in [2.75, 3.05) is 54.3 Å². The molecule has 2 rings (SSSR count). The Labute approximate surface area is 118 Å². The Morgan fingerprint density at radius 3 is 1.37 bits per heavy atom. The zero-order valence-electron chi connectivity index (χ0n) is 10.7. The molecule has 0 aromatic rings. The van der Waals surface area contributed by atoms with Gasteiger partial charge in [-0.3, -0.25) is 0 Å². The van der Waals surface area contributed by atoms with Gasteiger partial charge in [0.25, 0.3) is 5.08 Å². The first-order chi connectivity index (χ1) is 9.06. The Balaban J connectivity index is 1.69. The molecule has 0 bridgehead atoms. The molecule has 0 atom stereocenters. The molecule has 0 spiro atoms. The lowest BCUT2D eigenvalue weighted by atomic mass is 10.5. The molecule has 2 heterocycles. The summed E-state index contributed by atoms with van der Waals surface area (Å²) in [5.74, 6) is 3.73.